The number of nitrogens with two attached hydrogens (primary N) is 1. The Morgan fingerprint density at radius 2 is 2.00 bits per heavy atom. The first-order valence-electron chi connectivity index (χ1n) is 7.63. The number of nitrogens with one attached hydrogen (secondary N) is 1. The molecule has 0 unspecified atom stereocenters. The number of carbonyl (C=O) groups is 2. The number of carbonyl (C=O) groups excluding carboxylic acids is 2. The highest BCUT2D eigenvalue weighted by atomic mass is 32.1. The average molecular weight is 348 g/mol. The van der Waals surface area contributed by atoms with E-state index < -0.39 is 12.0 Å². The van der Waals surface area contributed by atoms with E-state index >= 15 is 0 Å². The van der Waals surface area contributed by atoms with Crippen LogP contribution in [0.1, 0.15) is 34.1 Å². The van der Waals surface area contributed by atoms with Gasteiger partial charge in [-0.3, -0.25) is 9.59 Å². The second kappa shape index (κ2) is 6.60. The molecule has 0 spiro atoms. The third-order valence-electron chi connectivity index (χ3n) is 3.90. The van der Waals surface area contributed by atoms with Crippen LogP contribution in [0.25, 0.3) is 0 Å². The number of halogens is 1. The topological polar surface area (TPSA) is 81.4 Å². The van der Waals surface area contributed by atoms with Crippen LogP contribution in [0.5, 0.6) is 5.75 Å². The Hall–Kier alpha value is -2.41. The molecule has 7 heteroatoms. The predicted molar refractivity (Wildman–Crippen MR) is 90.0 cm³/mol. The Morgan fingerprint density at radius 3 is 2.67 bits per heavy atom. The SMILES string of the molecule is C[C@@H](Oc1ccc(F)cc1)C(=O)Nc1sc2c(c1C(N)=O)CCC2. The highest BCUT2D eigenvalue weighted by molar-refractivity contribution is 7.17. The van der Waals surface area contributed by atoms with Gasteiger partial charge in [0.15, 0.2) is 6.10 Å². The molecule has 0 saturated carbocycles. The average Bonchev–Trinajstić information content (AvgIpc) is 3.09. The zero-order chi connectivity index (χ0) is 17.3. The Kier molecular flexibility index (Phi) is 4.53. The van der Waals surface area contributed by atoms with Gasteiger partial charge in [0.25, 0.3) is 11.8 Å². The number of hydrogen-bond donors (Lipinski definition) is 2. The fourth-order valence-corrected chi connectivity index (χ4v) is 4.03. The van der Waals surface area contributed by atoms with Crippen molar-refractivity contribution in [3.8, 4) is 5.75 Å². The quantitative estimate of drug-likeness (QED) is 0.872. The van der Waals surface area contributed by atoms with Crippen molar-refractivity contribution in [2.24, 2.45) is 5.73 Å². The predicted octanol–water partition coefficient (Wildman–Crippen LogP) is 2.88. The second-order valence-electron chi connectivity index (χ2n) is 5.63. The molecule has 24 heavy (non-hydrogen) atoms. The Balaban J connectivity index is 1.72. The lowest BCUT2D eigenvalue weighted by Crippen LogP contribution is -2.30. The number of benzene rings is 1. The summed E-state index contributed by atoms with van der Waals surface area (Å²) in [6, 6.07) is 5.42. The summed E-state index contributed by atoms with van der Waals surface area (Å²) < 4.78 is 18.4. The maximum Gasteiger partial charge on any atom is 0.265 e. The van der Waals surface area contributed by atoms with Crippen LogP contribution in [-0.4, -0.2) is 17.9 Å². The van der Waals surface area contributed by atoms with Crippen molar-refractivity contribution in [2.45, 2.75) is 32.3 Å². The van der Waals surface area contributed by atoms with E-state index in [9.17, 15) is 14.0 Å². The summed E-state index contributed by atoms with van der Waals surface area (Å²) in [4.78, 5) is 25.2. The summed E-state index contributed by atoms with van der Waals surface area (Å²) in [5, 5.41) is 3.21. The molecule has 3 rings (SSSR count). The minimum atomic E-state index is -0.798. The number of hydrogen-bond acceptors (Lipinski definition) is 4. The first kappa shape index (κ1) is 16.4. The van der Waals surface area contributed by atoms with Gasteiger partial charge < -0.3 is 15.8 Å². The summed E-state index contributed by atoms with van der Waals surface area (Å²) in [6.45, 7) is 1.59. The molecule has 3 N–H and O–H groups in total. The first-order valence-corrected chi connectivity index (χ1v) is 8.44. The molecular weight excluding hydrogens is 331 g/mol. The summed E-state index contributed by atoms with van der Waals surface area (Å²) >= 11 is 1.39. The van der Waals surface area contributed by atoms with Gasteiger partial charge >= 0.3 is 0 Å². The maximum absolute atomic E-state index is 12.9. The zero-order valence-corrected chi connectivity index (χ0v) is 13.9. The molecule has 1 aliphatic rings. The lowest BCUT2D eigenvalue weighted by Gasteiger charge is -2.14. The molecule has 0 radical (unpaired) electrons. The molecule has 2 amide bonds. The fraction of sp³-hybridized carbons (Fsp3) is 0.294. The number of ether oxygens (including phenoxy) is 1. The van der Waals surface area contributed by atoms with Crippen LogP contribution in [0.3, 0.4) is 0 Å². The molecule has 0 saturated heterocycles. The summed E-state index contributed by atoms with van der Waals surface area (Å²) in [5.74, 6) is -0.903. The van der Waals surface area contributed by atoms with Crippen molar-refractivity contribution in [1.29, 1.82) is 0 Å². The van der Waals surface area contributed by atoms with Gasteiger partial charge in [-0.1, -0.05) is 0 Å². The van der Waals surface area contributed by atoms with E-state index in [0.29, 0.717) is 16.3 Å². The molecule has 0 aliphatic heterocycles. The van der Waals surface area contributed by atoms with E-state index in [4.69, 9.17) is 10.5 Å². The fourth-order valence-electron chi connectivity index (χ4n) is 2.74. The monoisotopic (exact) mass is 348 g/mol. The van der Waals surface area contributed by atoms with E-state index in [2.05, 4.69) is 5.32 Å². The van der Waals surface area contributed by atoms with E-state index in [-0.39, 0.29) is 11.7 Å². The maximum atomic E-state index is 12.9. The normalized spacial score (nSPS) is 14.1. The number of thiophene rings is 1. The summed E-state index contributed by atoms with van der Waals surface area (Å²) in [5.41, 5.74) is 6.84. The molecule has 1 aromatic carbocycles. The largest absolute Gasteiger partial charge is 0.481 e. The second-order valence-corrected chi connectivity index (χ2v) is 6.73. The van der Waals surface area contributed by atoms with Crippen molar-refractivity contribution < 1.29 is 18.7 Å². The van der Waals surface area contributed by atoms with Crippen LogP contribution in [0.2, 0.25) is 0 Å². The molecule has 126 valence electrons. The van der Waals surface area contributed by atoms with Crippen molar-refractivity contribution in [3.05, 3.63) is 46.1 Å². The van der Waals surface area contributed by atoms with Crippen LogP contribution in [-0.2, 0) is 17.6 Å². The molecule has 0 bridgehead atoms. The standard InChI is InChI=1S/C17H17FN2O3S/c1-9(23-11-7-5-10(18)6-8-11)16(22)20-17-14(15(19)21)12-3-2-4-13(12)24-17/h5-9H,2-4H2,1H3,(H2,19,21)(H,20,22)/t9-/m1/s1. The molecule has 2 aromatic rings. The van der Waals surface area contributed by atoms with Gasteiger partial charge in [-0.05, 0) is 56.0 Å². The first-order chi connectivity index (χ1) is 11.5. The third-order valence-corrected chi connectivity index (χ3v) is 5.11. The van der Waals surface area contributed by atoms with Crippen LogP contribution in [0.4, 0.5) is 9.39 Å². The molecule has 5 nitrogen and oxygen atoms in total. The number of primary amides is 1. The number of fused-ring (bicyclic) bond motifs is 1. The number of amides is 2. The van der Waals surface area contributed by atoms with Crippen molar-refractivity contribution in [1.82, 2.24) is 0 Å². The Morgan fingerprint density at radius 1 is 1.29 bits per heavy atom. The van der Waals surface area contributed by atoms with Gasteiger partial charge in [-0.2, -0.15) is 0 Å². The highest BCUT2D eigenvalue weighted by Crippen LogP contribution is 2.38. The third kappa shape index (κ3) is 3.26. The van der Waals surface area contributed by atoms with Gasteiger partial charge in [0.1, 0.15) is 16.6 Å². The van der Waals surface area contributed by atoms with Crippen LogP contribution in [0, 0.1) is 5.82 Å². The molecular formula is C17H17FN2O3S. The van der Waals surface area contributed by atoms with E-state index in [1.807, 2.05) is 0 Å². The lowest BCUT2D eigenvalue weighted by atomic mass is 10.1. The number of rotatable bonds is 5. The number of anilines is 1. The Bertz CT molecular complexity index is 786. The van der Waals surface area contributed by atoms with Crippen molar-refractivity contribution in [3.63, 3.8) is 0 Å². The highest BCUT2D eigenvalue weighted by Gasteiger charge is 2.27. The molecule has 1 aromatic heterocycles. The van der Waals surface area contributed by atoms with Gasteiger partial charge in [0.05, 0.1) is 5.56 Å². The summed E-state index contributed by atoms with van der Waals surface area (Å²) in [6.07, 6.45) is 1.91. The molecule has 1 atom stereocenters. The smallest absolute Gasteiger partial charge is 0.265 e. The van der Waals surface area contributed by atoms with Crippen LogP contribution < -0.4 is 15.8 Å². The van der Waals surface area contributed by atoms with Crippen LogP contribution in [0.15, 0.2) is 24.3 Å². The summed E-state index contributed by atoms with van der Waals surface area (Å²) in [7, 11) is 0. The number of aryl methyl sites for hydroxylation is 1. The van der Waals surface area contributed by atoms with E-state index in [1.165, 1.54) is 35.6 Å². The van der Waals surface area contributed by atoms with Gasteiger partial charge in [0.2, 0.25) is 0 Å². The van der Waals surface area contributed by atoms with Crippen molar-refractivity contribution >= 4 is 28.2 Å². The minimum absolute atomic E-state index is 0.376. The van der Waals surface area contributed by atoms with Gasteiger partial charge in [0, 0.05) is 4.88 Å². The van der Waals surface area contributed by atoms with E-state index in [1.54, 1.807) is 6.92 Å². The zero-order valence-electron chi connectivity index (χ0n) is 13.1. The van der Waals surface area contributed by atoms with Gasteiger partial charge in [-0.25, -0.2) is 4.39 Å². The molecule has 0 fully saturated rings. The molecule has 1 aliphatic carbocycles. The van der Waals surface area contributed by atoms with E-state index in [0.717, 1.165) is 29.7 Å². The molecule has 1 heterocycles. The van der Waals surface area contributed by atoms with Crippen LogP contribution >= 0.6 is 11.3 Å². The Labute approximate surface area is 142 Å². The minimum Gasteiger partial charge on any atom is -0.481 e. The van der Waals surface area contributed by atoms with Gasteiger partial charge in [-0.15, -0.1) is 11.3 Å². The van der Waals surface area contributed by atoms with Crippen molar-refractivity contribution in [2.75, 3.05) is 5.32 Å². The lowest BCUT2D eigenvalue weighted by molar-refractivity contribution is -0.122.